The molecule has 1 aromatic heterocycles. The molecule has 2 rings (SSSR count). The molecule has 0 saturated heterocycles. The van der Waals surface area contributed by atoms with E-state index in [2.05, 4.69) is 9.97 Å². The summed E-state index contributed by atoms with van der Waals surface area (Å²) in [7, 11) is 0. The highest BCUT2D eigenvalue weighted by Crippen LogP contribution is 2.27. The Morgan fingerprint density at radius 3 is 2.89 bits per heavy atom. The minimum atomic E-state index is -1.27. The lowest BCUT2D eigenvalue weighted by atomic mass is 10.2. The number of carboxylic acid groups (broad SMARTS) is 1. The highest BCUT2D eigenvalue weighted by molar-refractivity contribution is 14.1. The van der Waals surface area contributed by atoms with Gasteiger partial charge < -0.3 is 9.84 Å². The molecule has 0 spiro atoms. The van der Waals surface area contributed by atoms with Gasteiger partial charge in [0.15, 0.2) is 0 Å². The summed E-state index contributed by atoms with van der Waals surface area (Å²) < 4.78 is 19.0. The number of carboxylic acids is 1. The van der Waals surface area contributed by atoms with Crippen molar-refractivity contribution in [3.63, 3.8) is 0 Å². The predicted molar refractivity (Wildman–Crippen MR) is 68.2 cm³/mol. The molecule has 1 heterocycles. The van der Waals surface area contributed by atoms with Crippen LogP contribution in [0.3, 0.4) is 0 Å². The van der Waals surface area contributed by atoms with E-state index in [4.69, 9.17) is 9.84 Å². The van der Waals surface area contributed by atoms with Crippen LogP contribution in [0.1, 0.15) is 10.4 Å². The van der Waals surface area contributed by atoms with Gasteiger partial charge in [0.25, 0.3) is 0 Å². The first-order valence-corrected chi connectivity index (χ1v) is 5.82. The topological polar surface area (TPSA) is 72.3 Å². The summed E-state index contributed by atoms with van der Waals surface area (Å²) in [5.74, 6) is -1.66. The molecule has 0 fully saturated rings. The summed E-state index contributed by atoms with van der Waals surface area (Å²) in [6, 6.07) is 3.26. The van der Waals surface area contributed by atoms with E-state index in [-0.39, 0.29) is 17.2 Å². The molecule has 0 unspecified atom stereocenters. The lowest BCUT2D eigenvalue weighted by Crippen LogP contribution is -2.02. The molecule has 2 aromatic rings. The second-order valence-corrected chi connectivity index (χ2v) is 4.39. The maximum Gasteiger partial charge on any atom is 0.339 e. The molecule has 0 atom stereocenters. The normalized spacial score (nSPS) is 10.1. The molecule has 0 bridgehead atoms. The molecule has 7 heteroatoms. The molecule has 0 aliphatic heterocycles. The fourth-order valence-corrected chi connectivity index (χ4v) is 1.65. The third-order valence-electron chi connectivity index (χ3n) is 2.01. The van der Waals surface area contributed by atoms with E-state index in [1.54, 1.807) is 0 Å². The van der Waals surface area contributed by atoms with Crippen molar-refractivity contribution in [2.75, 3.05) is 0 Å². The zero-order valence-electron chi connectivity index (χ0n) is 8.80. The molecular weight excluding hydrogens is 354 g/mol. The Bertz CT molecular complexity index is 607. The van der Waals surface area contributed by atoms with Crippen LogP contribution in [0.15, 0.2) is 30.7 Å². The van der Waals surface area contributed by atoms with Gasteiger partial charge in [-0.25, -0.2) is 19.2 Å². The van der Waals surface area contributed by atoms with Crippen molar-refractivity contribution in [1.29, 1.82) is 0 Å². The van der Waals surface area contributed by atoms with Crippen molar-refractivity contribution < 1.29 is 19.0 Å². The molecule has 0 aliphatic carbocycles. The largest absolute Gasteiger partial charge is 0.478 e. The fourth-order valence-electron chi connectivity index (χ4n) is 1.24. The van der Waals surface area contributed by atoms with Gasteiger partial charge >= 0.3 is 5.97 Å². The summed E-state index contributed by atoms with van der Waals surface area (Å²) in [4.78, 5) is 18.6. The number of hydrogen-bond donors (Lipinski definition) is 1. The van der Waals surface area contributed by atoms with Crippen LogP contribution >= 0.6 is 22.6 Å². The van der Waals surface area contributed by atoms with Gasteiger partial charge in [-0.1, -0.05) is 0 Å². The van der Waals surface area contributed by atoms with Gasteiger partial charge in [0.05, 0.1) is 3.57 Å². The number of nitrogens with zero attached hydrogens (tertiary/aromatic N) is 2. The van der Waals surface area contributed by atoms with E-state index < -0.39 is 11.8 Å². The molecule has 18 heavy (non-hydrogen) atoms. The number of carbonyl (C=O) groups is 1. The third-order valence-corrected chi connectivity index (χ3v) is 2.75. The number of aromatic nitrogens is 2. The Kier molecular flexibility index (Phi) is 3.70. The first-order valence-electron chi connectivity index (χ1n) is 4.74. The second kappa shape index (κ2) is 5.25. The maximum absolute atomic E-state index is 13.0. The Hall–Kier alpha value is -1.77. The molecule has 0 radical (unpaired) electrons. The maximum atomic E-state index is 13.0. The average molecular weight is 360 g/mol. The van der Waals surface area contributed by atoms with Crippen molar-refractivity contribution in [2.45, 2.75) is 0 Å². The van der Waals surface area contributed by atoms with Crippen LogP contribution in [0.2, 0.25) is 0 Å². The van der Waals surface area contributed by atoms with E-state index in [1.165, 1.54) is 18.6 Å². The molecule has 0 saturated carbocycles. The van der Waals surface area contributed by atoms with Gasteiger partial charge in [-0.3, -0.25) is 0 Å². The molecule has 0 amide bonds. The molecular formula is C11H6FIN2O3. The van der Waals surface area contributed by atoms with E-state index in [0.29, 0.717) is 3.57 Å². The van der Waals surface area contributed by atoms with Crippen LogP contribution in [-0.4, -0.2) is 21.0 Å². The Morgan fingerprint density at radius 2 is 2.22 bits per heavy atom. The van der Waals surface area contributed by atoms with Crippen LogP contribution in [0, 0.1) is 9.39 Å². The second-order valence-electron chi connectivity index (χ2n) is 3.22. The van der Waals surface area contributed by atoms with Crippen LogP contribution < -0.4 is 4.74 Å². The predicted octanol–water partition coefficient (Wildman–Crippen LogP) is 2.71. The number of benzene rings is 1. The van der Waals surface area contributed by atoms with Crippen LogP contribution in [0.4, 0.5) is 4.39 Å². The van der Waals surface area contributed by atoms with Gasteiger partial charge in [-0.05, 0) is 40.8 Å². The molecule has 5 nitrogen and oxygen atoms in total. The standard InChI is InChI=1S/C11H6FIN2O3/c12-6-1-2-9(7(3-6)11(16)17)18-10-8(13)4-14-5-15-10/h1-5H,(H,16,17). The third kappa shape index (κ3) is 2.73. The molecule has 92 valence electrons. The summed E-state index contributed by atoms with van der Waals surface area (Å²) >= 11 is 1.95. The zero-order chi connectivity index (χ0) is 13.1. The molecule has 1 aromatic carbocycles. The SMILES string of the molecule is O=C(O)c1cc(F)ccc1Oc1ncncc1I. The summed E-state index contributed by atoms with van der Waals surface area (Å²) in [5.41, 5.74) is -0.260. The van der Waals surface area contributed by atoms with E-state index >= 15 is 0 Å². The van der Waals surface area contributed by atoms with Gasteiger partial charge in [0.1, 0.15) is 23.5 Å². The van der Waals surface area contributed by atoms with Gasteiger partial charge in [0.2, 0.25) is 5.88 Å². The fraction of sp³-hybridized carbons (Fsp3) is 0. The monoisotopic (exact) mass is 360 g/mol. The van der Waals surface area contributed by atoms with Crippen molar-refractivity contribution in [1.82, 2.24) is 9.97 Å². The van der Waals surface area contributed by atoms with Crippen molar-refractivity contribution in [3.05, 3.63) is 45.7 Å². The smallest absolute Gasteiger partial charge is 0.339 e. The number of halogens is 2. The Balaban J connectivity index is 2.41. The number of aromatic carboxylic acids is 1. The van der Waals surface area contributed by atoms with Gasteiger partial charge in [-0.15, -0.1) is 0 Å². The Morgan fingerprint density at radius 1 is 1.44 bits per heavy atom. The first kappa shape index (κ1) is 12.7. The minimum Gasteiger partial charge on any atom is -0.478 e. The van der Waals surface area contributed by atoms with E-state index in [9.17, 15) is 9.18 Å². The number of ether oxygens (including phenoxy) is 1. The first-order chi connectivity index (χ1) is 8.58. The van der Waals surface area contributed by atoms with Crippen LogP contribution in [0.5, 0.6) is 11.6 Å². The van der Waals surface area contributed by atoms with E-state index in [0.717, 1.165) is 12.1 Å². The van der Waals surface area contributed by atoms with Crippen LogP contribution in [0.25, 0.3) is 0 Å². The quantitative estimate of drug-likeness (QED) is 0.853. The van der Waals surface area contributed by atoms with Crippen molar-refractivity contribution in [2.24, 2.45) is 0 Å². The number of hydrogen-bond acceptors (Lipinski definition) is 4. The van der Waals surface area contributed by atoms with Gasteiger partial charge in [-0.2, -0.15) is 0 Å². The van der Waals surface area contributed by atoms with Crippen molar-refractivity contribution in [3.8, 4) is 11.6 Å². The van der Waals surface area contributed by atoms with Gasteiger partial charge in [0, 0.05) is 6.20 Å². The lowest BCUT2D eigenvalue weighted by Gasteiger charge is -2.08. The summed E-state index contributed by atoms with van der Waals surface area (Å²) in [6.07, 6.45) is 2.80. The van der Waals surface area contributed by atoms with Crippen molar-refractivity contribution >= 4 is 28.6 Å². The number of rotatable bonds is 3. The van der Waals surface area contributed by atoms with Crippen LogP contribution in [-0.2, 0) is 0 Å². The Labute approximate surface area is 115 Å². The zero-order valence-corrected chi connectivity index (χ0v) is 11.0. The summed E-state index contributed by atoms with van der Waals surface area (Å²) in [6.45, 7) is 0. The highest BCUT2D eigenvalue weighted by Gasteiger charge is 2.14. The molecule has 1 N–H and O–H groups in total. The molecule has 0 aliphatic rings. The van der Waals surface area contributed by atoms with E-state index in [1.807, 2.05) is 22.6 Å². The highest BCUT2D eigenvalue weighted by atomic mass is 127. The average Bonchev–Trinajstić information content (AvgIpc) is 2.34. The minimum absolute atomic E-state index is 0.0283. The lowest BCUT2D eigenvalue weighted by molar-refractivity contribution is 0.0693. The summed E-state index contributed by atoms with van der Waals surface area (Å²) in [5, 5.41) is 8.96.